The molecule has 0 bridgehead atoms. The molecule has 2 rings (SSSR count). The molecule has 2 aliphatic rings. The summed E-state index contributed by atoms with van der Waals surface area (Å²) in [5, 5.41) is 72.4. The first-order chi connectivity index (χ1) is 37.6. The molecule has 0 aliphatic carbocycles. The van der Waals surface area contributed by atoms with Gasteiger partial charge in [0.1, 0.15) is 54.9 Å². The Hall–Kier alpha value is -3.09. The van der Waals surface area contributed by atoms with Crippen molar-refractivity contribution in [3.05, 3.63) is 97.2 Å². The van der Waals surface area contributed by atoms with E-state index in [1.807, 2.05) is 12.2 Å². The van der Waals surface area contributed by atoms with Crippen LogP contribution >= 0.6 is 0 Å². The van der Waals surface area contributed by atoms with E-state index in [1.54, 1.807) is 0 Å². The van der Waals surface area contributed by atoms with Crippen LogP contribution in [0, 0.1) is 0 Å². The largest absolute Gasteiger partial charge is 0.457 e. The van der Waals surface area contributed by atoms with Crippen LogP contribution in [-0.4, -0.2) is 142 Å². The van der Waals surface area contributed by atoms with Crippen molar-refractivity contribution in [3.63, 3.8) is 0 Å². The van der Waals surface area contributed by atoms with Gasteiger partial charge in [0.15, 0.2) is 12.6 Å². The summed E-state index contributed by atoms with van der Waals surface area (Å²) < 4.78 is 34.3. The number of unbranched alkanes of at least 4 members (excludes halogenated alkanes) is 17. The van der Waals surface area contributed by atoms with E-state index in [0.29, 0.717) is 13.0 Å². The summed E-state index contributed by atoms with van der Waals surface area (Å²) in [4.78, 5) is 13.0. The number of carbonyl (C=O) groups excluding carboxylic acids is 1. The Bertz CT molecular complexity index is 1640. The van der Waals surface area contributed by atoms with Gasteiger partial charge in [-0.1, -0.05) is 201 Å². The van der Waals surface area contributed by atoms with Crippen LogP contribution in [0.15, 0.2) is 97.2 Å². The molecule has 442 valence electrons. The second kappa shape index (κ2) is 48.8. The number of rotatable bonds is 47. The van der Waals surface area contributed by atoms with Gasteiger partial charge in [-0.05, 0) is 83.5 Å². The fraction of sp³-hybridized carbons (Fsp3) is 0.730. The summed E-state index contributed by atoms with van der Waals surface area (Å²) in [7, 11) is 0. The van der Waals surface area contributed by atoms with E-state index in [4.69, 9.17) is 28.4 Å². The number of ether oxygens (including phenoxy) is 6. The minimum atomic E-state index is -1.73. The van der Waals surface area contributed by atoms with Crippen LogP contribution in [0.25, 0.3) is 0 Å². The Morgan fingerprint density at radius 2 is 0.844 bits per heavy atom. The first-order valence-corrected chi connectivity index (χ1v) is 29.8. The number of aliphatic hydroxyl groups excluding tert-OH is 7. The van der Waals surface area contributed by atoms with E-state index in [1.165, 1.54) is 103 Å². The molecule has 0 saturated carbocycles. The van der Waals surface area contributed by atoms with Gasteiger partial charge in [-0.25, -0.2) is 0 Å². The van der Waals surface area contributed by atoms with Gasteiger partial charge in [0.25, 0.3) is 0 Å². The van der Waals surface area contributed by atoms with Crippen molar-refractivity contribution in [1.82, 2.24) is 0 Å². The van der Waals surface area contributed by atoms with E-state index >= 15 is 0 Å². The van der Waals surface area contributed by atoms with Crippen molar-refractivity contribution in [2.75, 3.05) is 33.0 Å². The summed E-state index contributed by atoms with van der Waals surface area (Å²) in [6.07, 6.45) is 49.1. The topological polar surface area (TPSA) is 214 Å². The normalized spacial score (nSPS) is 25.0. The predicted molar refractivity (Wildman–Crippen MR) is 307 cm³/mol. The molecular formula is C63H106O14. The van der Waals surface area contributed by atoms with Crippen LogP contribution in [0.3, 0.4) is 0 Å². The molecule has 11 atom stereocenters. The zero-order chi connectivity index (χ0) is 55.8. The van der Waals surface area contributed by atoms with Gasteiger partial charge < -0.3 is 64.2 Å². The Labute approximate surface area is 464 Å². The average molecular weight is 1090 g/mol. The zero-order valence-corrected chi connectivity index (χ0v) is 47.4. The van der Waals surface area contributed by atoms with E-state index in [9.17, 15) is 40.5 Å². The van der Waals surface area contributed by atoms with Gasteiger partial charge in [-0.15, -0.1) is 0 Å². The lowest BCUT2D eigenvalue weighted by Gasteiger charge is -2.42. The highest BCUT2D eigenvalue weighted by atomic mass is 16.7. The molecule has 0 spiro atoms. The fourth-order valence-corrected chi connectivity index (χ4v) is 8.81. The quantitative estimate of drug-likeness (QED) is 0.0172. The summed E-state index contributed by atoms with van der Waals surface area (Å²) in [6.45, 7) is 3.46. The second-order valence-electron chi connectivity index (χ2n) is 20.4. The highest BCUT2D eigenvalue weighted by molar-refractivity contribution is 5.69. The average Bonchev–Trinajstić information content (AvgIpc) is 3.43. The van der Waals surface area contributed by atoms with Crippen molar-refractivity contribution in [2.24, 2.45) is 0 Å². The fourth-order valence-electron chi connectivity index (χ4n) is 8.81. The van der Waals surface area contributed by atoms with Crippen LogP contribution in [0.5, 0.6) is 0 Å². The van der Waals surface area contributed by atoms with Gasteiger partial charge >= 0.3 is 5.97 Å². The van der Waals surface area contributed by atoms with Gasteiger partial charge in [0, 0.05) is 13.0 Å². The molecule has 0 aromatic carbocycles. The van der Waals surface area contributed by atoms with E-state index in [2.05, 4.69) is 98.9 Å². The van der Waals surface area contributed by atoms with Crippen LogP contribution in [-0.2, 0) is 33.2 Å². The van der Waals surface area contributed by atoms with Crippen LogP contribution in [0.2, 0.25) is 0 Å². The highest BCUT2D eigenvalue weighted by Crippen LogP contribution is 2.26. The van der Waals surface area contributed by atoms with Crippen molar-refractivity contribution < 1.29 is 69.0 Å². The first-order valence-electron chi connectivity index (χ1n) is 29.8. The molecule has 2 heterocycles. The van der Waals surface area contributed by atoms with Crippen LogP contribution in [0.4, 0.5) is 0 Å². The third kappa shape index (κ3) is 35.3. The van der Waals surface area contributed by atoms with E-state index in [0.717, 1.165) is 64.2 Å². The highest BCUT2D eigenvalue weighted by Gasteiger charge is 2.47. The van der Waals surface area contributed by atoms with Crippen molar-refractivity contribution >= 4 is 5.97 Å². The molecule has 0 radical (unpaired) electrons. The zero-order valence-electron chi connectivity index (χ0n) is 47.4. The smallest absolute Gasteiger partial charge is 0.306 e. The molecule has 0 amide bonds. The summed E-state index contributed by atoms with van der Waals surface area (Å²) in [6, 6.07) is 0. The maximum absolute atomic E-state index is 13.0. The van der Waals surface area contributed by atoms with Gasteiger partial charge in [-0.3, -0.25) is 4.79 Å². The molecule has 14 nitrogen and oxygen atoms in total. The van der Waals surface area contributed by atoms with Crippen LogP contribution in [0.1, 0.15) is 194 Å². The molecule has 7 N–H and O–H groups in total. The molecule has 2 aliphatic heterocycles. The summed E-state index contributed by atoms with van der Waals surface area (Å²) in [5.74, 6) is -0.460. The van der Waals surface area contributed by atoms with Gasteiger partial charge in [0.05, 0.1) is 26.4 Å². The van der Waals surface area contributed by atoms with Gasteiger partial charge in [0.2, 0.25) is 0 Å². The molecule has 2 saturated heterocycles. The number of aliphatic hydroxyl groups is 7. The standard InChI is InChI=1S/C63H106O14/c1-3-5-7-9-11-13-15-17-19-21-23-24-25-26-27-29-31-33-35-37-39-41-43-45-47-72-49-52(75-55(65)46-44-42-40-38-36-34-32-30-28-22-20-18-16-14-12-10-8-6-4-2)50-73-62-61(71)59(69)57(67)54(77-62)51-74-63-60(70)58(68)56(66)53(48-64)76-63/h6,8,12,14-15,17-18,20-21,23,28,30,34,36,40,42,52-54,56-64,66-71H,3-5,7,9-11,13,16,19,22,24-27,29,31-33,35,37-39,41,43-51H2,1-2H3/b8-6-,14-12-,17-15-,20-18-,23-21-,30-28-,36-34-,42-40-. The van der Waals surface area contributed by atoms with Crippen LogP contribution < -0.4 is 0 Å². The number of carbonyl (C=O) groups is 1. The Kier molecular flexibility index (Phi) is 44.4. The van der Waals surface area contributed by atoms with Crippen molar-refractivity contribution in [1.29, 1.82) is 0 Å². The Balaban J connectivity index is 1.73. The molecule has 77 heavy (non-hydrogen) atoms. The second-order valence-corrected chi connectivity index (χ2v) is 20.4. The third-order valence-electron chi connectivity index (χ3n) is 13.6. The maximum Gasteiger partial charge on any atom is 0.306 e. The number of hydrogen-bond acceptors (Lipinski definition) is 14. The number of esters is 1. The molecular weight excluding hydrogens is 981 g/mol. The molecule has 2 fully saturated rings. The predicted octanol–water partition coefficient (Wildman–Crippen LogP) is 11.0. The maximum atomic E-state index is 13.0. The minimum Gasteiger partial charge on any atom is -0.457 e. The summed E-state index contributed by atoms with van der Waals surface area (Å²) >= 11 is 0. The molecule has 14 heteroatoms. The lowest BCUT2D eigenvalue weighted by atomic mass is 9.98. The number of hydrogen-bond donors (Lipinski definition) is 7. The molecule has 11 unspecified atom stereocenters. The van der Waals surface area contributed by atoms with Crippen molar-refractivity contribution in [2.45, 2.75) is 261 Å². The monoisotopic (exact) mass is 1090 g/mol. The SMILES string of the molecule is CC/C=C\C/C=C\C/C=C\C/C=C\C/C=C\C/C=C\CCC(=O)OC(COCCCCCCCCCCCCCC/C=C\C/C=C\CCCCCCC)COC1OC(COC2OC(CO)C(O)C(O)C2O)C(O)C(O)C1O. The number of allylic oxidation sites excluding steroid dienone is 16. The van der Waals surface area contributed by atoms with E-state index < -0.39 is 86.7 Å². The molecule has 0 aromatic heterocycles. The third-order valence-corrected chi connectivity index (χ3v) is 13.6. The Morgan fingerprint density at radius 1 is 0.442 bits per heavy atom. The lowest BCUT2D eigenvalue weighted by Crippen LogP contribution is -2.61. The first kappa shape index (κ1) is 70.0. The molecule has 0 aromatic rings. The summed E-state index contributed by atoms with van der Waals surface area (Å²) in [5.41, 5.74) is 0. The van der Waals surface area contributed by atoms with Gasteiger partial charge in [-0.2, -0.15) is 0 Å². The lowest BCUT2D eigenvalue weighted by molar-refractivity contribution is -0.332. The Morgan fingerprint density at radius 3 is 1.32 bits per heavy atom. The van der Waals surface area contributed by atoms with Crippen molar-refractivity contribution in [3.8, 4) is 0 Å². The minimum absolute atomic E-state index is 0.0248. The van der Waals surface area contributed by atoms with E-state index in [-0.39, 0.29) is 19.6 Å².